The summed E-state index contributed by atoms with van der Waals surface area (Å²) < 4.78 is 42.3. The molecule has 37 heavy (non-hydrogen) atoms. The predicted molar refractivity (Wildman–Crippen MR) is 130 cm³/mol. The number of rotatable bonds is 6. The molecule has 0 saturated heterocycles. The van der Waals surface area contributed by atoms with Crippen molar-refractivity contribution in [1.29, 1.82) is 0 Å². The fourth-order valence-corrected chi connectivity index (χ4v) is 3.10. The highest BCUT2D eigenvalue weighted by Crippen LogP contribution is 2.31. The molecule has 4 aromatic rings. The van der Waals surface area contributed by atoms with E-state index in [9.17, 15) is 18.0 Å². The van der Waals surface area contributed by atoms with Crippen molar-refractivity contribution in [2.75, 3.05) is 24.7 Å². The Morgan fingerprint density at radius 2 is 1.86 bits per heavy atom. The Kier molecular flexibility index (Phi) is 8.74. The number of aliphatic hydroxyl groups is 1. The zero-order valence-corrected chi connectivity index (χ0v) is 19.9. The Labute approximate surface area is 209 Å². The topological polar surface area (TPSA) is 152 Å². The highest BCUT2D eigenvalue weighted by atomic mass is 19.4. The van der Waals surface area contributed by atoms with Crippen LogP contribution in [-0.4, -0.2) is 44.8 Å². The van der Waals surface area contributed by atoms with Crippen molar-refractivity contribution >= 4 is 23.4 Å². The molecule has 0 spiro atoms. The van der Waals surface area contributed by atoms with E-state index in [1.165, 1.54) is 18.8 Å². The molecule has 4 rings (SSSR count). The minimum atomic E-state index is -4.76. The summed E-state index contributed by atoms with van der Waals surface area (Å²) in [4.78, 5) is 19.7. The minimum absolute atomic E-state index is 0.0281. The van der Waals surface area contributed by atoms with Crippen molar-refractivity contribution in [3.63, 3.8) is 0 Å². The van der Waals surface area contributed by atoms with Gasteiger partial charge in [0.25, 0.3) is 11.8 Å². The van der Waals surface area contributed by atoms with Gasteiger partial charge in [0.05, 0.1) is 5.56 Å². The third-order valence-electron chi connectivity index (χ3n) is 4.91. The van der Waals surface area contributed by atoms with Crippen molar-refractivity contribution in [2.45, 2.75) is 19.5 Å². The third-order valence-corrected chi connectivity index (χ3v) is 4.91. The fraction of sp³-hybridized carbons (Fsp3) is 0.208. The maximum atomic E-state index is 12.6. The molecule has 0 fully saturated rings. The van der Waals surface area contributed by atoms with E-state index in [0.29, 0.717) is 11.3 Å². The van der Waals surface area contributed by atoms with Crippen LogP contribution in [0.2, 0.25) is 0 Å². The highest BCUT2D eigenvalue weighted by molar-refractivity contribution is 5.95. The SMILES string of the molecule is CNC(=O)c1ccc(Nc2ncc(-c3nnc(C(F)(F)F)o3)c(N)n2)cc1C.OCCc1ccccc1. The van der Waals surface area contributed by atoms with Crippen LogP contribution in [0.25, 0.3) is 11.5 Å². The summed E-state index contributed by atoms with van der Waals surface area (Å²) in [6.07, 6.45) is -2.83. The Morgan fingerprint density at radius 3 is 2.43 bits per heavy atom. The number of nitrogens with zero attached hydrogens (tertiary/aromatic N) is 4. The quantitative estimate of drug-likeness (QED) is 0.301. The van der Waals surface area contributed by atoms with Gasteiger partial charge in [0.15, 0.2) is 0 Å². The Balaban J connectivity index is 0.000000356. The van der Waals surface area contributed by atoms with Crippen LogP contribution in [0.3, 0.4) is 0 Å². The molecule has 194 valence electrons. The lowest BCUT2D eigenvalue weighted by Gasteiger charge is -2.10. The van der Waals surface area contributed by atoms with Crippen molar-refractivity contribution < 1.29 is 27.5 Å². The normalized spacial score (nSPS) is 10.9. The lowest BCUT2D eigenvalue weighted by molar-refractivity contribution is -0.156. The maximum Gasteiger partial charge on any atom is 0.470 e. The molecule has 0 aliphatic rings. The second-order valence-electron chi connectivity index (χ2n) is 7.60. The summed E-state index contributed by atoms with van der Waals surface area (Å²) >= 11 is 0. The molecule has 2 aromatic heterocycles. The molecule has 5 N–H and O–H groups in total. The number of nitrogens with one attached hydrogen (secondary N) is 2. The first-order valence-corrected chi connectivity index (χ1v) is 10.9. The molecule has 10 nitrogen and oxygen atoms in total. The number of carbonyl (C=O) groups is 1. The average molecular weight is 515 g/mol. The number of alkyl halides is 3. The molecular formula is C24H24F3N7O3. The van der Waals surface area contributed by atoms with Gasteiger partial charge in [-0.2, -0.15) is 18.2 Å². The van der Waals surface area contributed by atoms with E-state index < -0.39 is 18.0 Å². The molecule has 0 saturated carbocycles. The lowest BCUT2D eigenvalue weighted by atomic mass is 10.1. The number of nitrogen functional groups attached to an aromatic ring is 1. The van der Waals surface area contributed by atoms with Gasteiger partial charge in [-0.3, -0.25) is 4.79 Å². The number of hydrogen-bond donors (Lipinski definition) is 4. The first-order chi connectivity index (χ1) is 17.6. The van der Waals surface area contributed by atoms with Crippen molar-refractivity contribution in [2.24, 2.45) is 0 Å². The molecule has 2 aromatic carbocycles. The molecule has 0 bridgehead atoms. The second kappa shape index (κ2) is 11.9. The van der Waals surface area contributed by atoms with Gasteiger partial charge < -0.3 is 25.9 Å². The molecule has 1 amide bonds. The fourth-order valence-electron chi connectivity index (χ4n) is 3.10. The van der Waals surface area contributed by atoms with E-state index >= 15 is 0 Å². The van der Waals surface area contributed by atoms with Crippen LogP contribution in [0.5, 0.6) is 0 Å². The van der Waals surface area contributed by atoms with E-state index in [4.69, 9.17) is 10.8 Å². The average Bonchev–Trinajstić information content (AvgIpc) is 3.36. The molecular weight excluding hydrogens is 491 g/mol. The van der Waals surface area contributed by atoms with Crippen molar-refractivity contribution in [1.82, 2.24) is 25.5 Å². The number of carbonyl (C=O) groups excluding carboxylic acids is 1. The number of benzene rings is 2. The zero-order valence-electron chi connectivity index (χ0n) is 19.9. The molecule has 2 heterocycles. The van der Waals surface area contributed by atoms with Gasteiger partial charge in [0.1, 0.15) is 5.82 Å². The number of hydrogen-bond acceptors (Lipinski definition) is 9. The Morgan fingerprint density at radius 1 is 1.14 bits per heavy atom. The molecule has 0 unspecified atom stereocenters. The van der Waals surface area contributed by atoms with Crippen molar-refractivity contribution in [3.05, 3.63) is 77.3 Å². The van der Waals surface area contributed by atoms with Crippen LogP contribution in [0, 0.1) is 6.92 Å². The van der Waals surface area contributed by atoms with E-state index in [0.717, 1.165) is 12.0 Å². The van der Waals surface area contributed by atoms with Gasteiger partial charge in [0, 0.05) is 31.1 Å². The predicted octanol–water partition coefficient (Wildman–Crippen LogP) is 3.76. The number of nitrogens with two attached hydrogens (primary N) is 1. The number of aryl methyl sites for hydroxylation is 1. The Bertz CT molecular complexity index is 1350. The molecule has 0 aliphatic heterocycles. The van der Waals surface area contributed by atoms with Crippen LogP contribution in [0.1, 0.15) is 27.4 Å². The van der Waals surface area contributed by atoms with Gasteiger partial charge in [-0.1, -0.05) is 30.3 Å². The summed E-state index contributed by atoms with van der Waals surface area (Å²) in [6, 6.07) is 14.9. The van der Waals surface area contributed by atoms with E-state index in [1.807, 2.05) is 30.3 Å². The molecule has 0 aliphatic carbocycles. The van der Waals surface area contributed by atoms with Crippen LogP contribution in [-0.2, 0) is 12.6 Å². The number of amides is 1. The van der Waals surface area contributed by atoms with Crippen LogP contribution in [0.15, 0.2) is 59.1 Å². The largest absolute Gasteiger partial charge is 0.470 e. The molecule has 0 radical (unpaired) electrons. The van der Waals surface area contributed by atoms with Gasteiger partial charge in [0.2, 0.25) is 5.95 Å². The third kappa shape index (κ3) is 7.24. The first kappa shape index (κ1) is 27.1. The lowest BCUT2D eigenvalue weighted by Crippen LogP contribution is -2.18. The van der Waals surface area contributed by atoms with E-state index in [-0.39, 0.29) is 29.8 Å². The summed E-state index contributed by atoms with van der Waals surface area (Å²) in [7, 11) is 1.53. The number of aromatic nitrogens is 4. The monoisotopic (exact) mass is 515 g/mol. The van der Waals surface area contributed by atoms with Gasteiger partial charge in [-0.05, 0) is 42.7 Å². The summed E-state index contributed by atoms with van der Waals surface area (Å²) in [6.45, 7) is 2.01. The van der Waals surface area contributed by atoms with Gasteiger partial charge >= 0.3 is 12.1 Å². The first-order valence-electron chi connectivity index (χ1n) is 10.9. The second-order valence-corrected chi connectivity index (χ2v) is 7.60. The minimum Gasteiger partial charge on any atom is -0.412 e. The summed E-state index contributed by atoms with van der Waals surface area (Å²) in [5.41, 5.74) is 8.78. The van der Waals surface area contributed by atoms with Gasteiger partial charge in [-0.25, -0.2) is 4.98 Å². The van der Waals surface area contributed by atoms with E-state index in [1.54, 1.807) is 25.1 Å². The van der Waals surface area contributed by atoms with Gasteiger partial charge in [-0.15, -0.1) is 10.2 Å². The summed E-state index contributed by atoms with van der Waals surface area (Å²) in [5, 5.41) is 20.2. The van der Waals surface area contributed by atoms with Crippen LogP contribution >= 0.6 is 0 Å². The maximum absolute atomic E-state index is 12.6. The van der Waals surface area contributed by atoms with Crippen LogP contribution < -0.4 is 16.4 Å². The van der Waals surface area contributed by atoms with Crippen molar-refractivity contribution in [3.8, 4) is 11.5 Å². The van der Waals surface area contributed by atoms with Crippen LogP contribution in [0.4, 0.5) is 30.6 Å². The Hall–Kier alpha value is -4.52. The number of aliphatic hydroxyl groups excluding tert-OH is 1. The molecule has 0 atom stereocenters. The molecule has 13 heteroatoms. The number of halogens is 3. The smallest absolute Gasteiger partial charge is 0.412 e. The number of anilines is 3. The summed E-state index contributed by atoms with van der Waals surface area (Å²) in [5.74, 6) is -2.19. The highest BCUT2D eigenvalue weighted by Gasteiger charge is 2.38. The zero-order chi connectivity index (χ0) is 27.0. The standard InChI is InChI=1S/C16H14F3N7O2.C8H10O/c1-7-5-8(3-4-9(7)12(27)21-2)23-15-22-6-10(11(20)24-15)13-25-26-14(28-13)16(17,18)19;9-7-6-8-4-2-1-3-5-8/h3-6H,1-2H3,(H,21,27)(H3,20,22,23,24);1-5,9H,6-7H2. The van der Waals surface area contributed by atoms with E-state index in [2.05, 4.69) is 35.2 Å².